The number of rotatable bonds is 16. The fourth-order valence-corrected chi connectivity index (χ4v) is 4.21. The normalized spacial score (nSPS) is 13.9. The van der Waals surface area contributed by atoms with Crippen LogP contribution in [0, 0.1) is 11.6 Å². The van der Waals surface area contributed by atoms with E-state index in [9.17, 15) is 32.3 Å². The first-order chi connectivity index (χ1) is 18.4. The molecule has 216 valence electrons. The lowest BCUT2D eigenvalue weighted by molar-refractivity contribution is -0.127. The minimum absolute atomic E-state index is 0.0528. The summed E-state index contributed by atoms with van der Waals surface area (Å²) in [6, 6.07) is 7.53. The molecule has 2 amide bonds. The first-order valence-corrected chi connectivity index (χ1v) is 13.0. The molecule has 0 aliphatic carbocycles. The van der Waals surface area contributed by atoms with Gasteiger partial charge < -0.3 is 26.2 Å². The number of nitrogens with one attached hydrogen (secondary N) is 3. The van der Waals surface area contributed by atoms with Crippen molar-refractivity contribution >= 4 is 12.0 Å². The van der Waals surface area contributed by atoms with Crippen molar-refractivity contribution in [3.8, 4) is 0 Å². The van der Waals surface area contributed by atoms with E-state index >= 15 is 0 Å². The van der Waals surface area contributed by atoms with Crippen LogP contribution in [0.4, 0.5) is 22.4 Å². The van der Waals surface area contributed by atoms with Crippen LogP contribution in [0.1, 0.15) is 56.2 Å². The summed E-state index contributed by atoms with van der Waals surface area (Å²) in [6.07, 6.45) is -3.28. The van der Waals surface area contributed by atoms with E-state index in [2.05, 4.69) is 10.6 Å². The molecule has 11 heteroatoms. The van der Waals surface area contributed by atoms with Crippen molar-refractivity contribution in [2.45, 2.75) is 83.0 Å². The Morgan fingerprint density at radius 3 is 2.26 bits per heavy atom. The van der Waals surface area contributed by atoms with Gasteiger partial charge in [-0.15, -0.1) is 0 Å². The van der Waals surface area contributed by atoms with Crippen LogP contribution >= 0.6 is 0 Å². The highest BCUT2D eigenvalue weighted by Crippen LogP contribution is 2.27. The Hall–Kier alpha value is -3.18. The summed E-state index contributed by atoms with van der Waals surface area (Å²) in [5.41, 5.74) is 2.19. The summed E-state index contributed by atoms with van der Waals surface area (Å²) in [5.74, 6) is -6.11. The molecule has 0 unspecified atom stereocenters. The lowest BCUT2D eigenvalue weighted by Crippen LogP contribution is -2.55. The smallest absolute Gasteiger partial charge is 0.405 e. The Morgan fingerprint density at radius 1 is 0.974 bits per heavy atom. The highest BCUT2D eigenvalue weighted by molar-refractivity contribution is 5.85. The Balaban J connectivity index is 2.19. The van der Waals surface area contributed by atoms with Gasteiger partial charge in [0.2, 0.25) is 5.91 Å². The van der Waals surface area contributed by atoms with Gasteiger partial charge in [-0.05, 0) is 48.1 Å². The maximum atomic E-state index is 14.4. The molecule has 2 rings (SSSR count). The molecule has 0 saturated carbocycles. The lowest BCUT2D eigenvalue weighted by Gasteiger charge is -2.28. The van der Waals surface area contributed by atoms with Gasteiger partial charge in [-0.1, -0.05) is 44.5 Å². The molecule has 0 fully saturated rings. The van der Waals surface area contributed by atoms with Gasteiger partial charge in [0.1, 0.15) is 17.7 Å². The predicted octanol–water partition coefficient (Wildman–Crippen LogP) is 4.56. The van der Waals surface area contributed by atoms with Crippen molar-refractivity contribution in [1.29, 1.82) is 0 Å². The van der Waals surface area contributed by atoms with Crippen molar-refractivity contribution < 1.29 is 37.4 Å². The van der Waals surface area contributed by atoms with E-state index < -0.39 is 60.6 Å². The number of aliphatic hydroxyl groups excluding tert-OH is 1. The van der Waals surface area contributed by atoms with Crippen LogP contribution < -0.4 is 16.0 Å². The number of benzene rings is 2. The zero-order valence-electron chi connectivity index (χ0n) is 22.2. The molecular formula is C28H37F4N3O4. The highest BCUT2D eigenvalue weighted by Gasteiger charge is 2.37. The average molecular weight is 556 g/mol. The SMILES string of the molecule is CCCCC(F)(F)C[C@@H](NC(=O)O)C(=O)N[C@@H](Cc1cc(F)cc(F)c1)[C@@H](O)CNCc1cccc(CC)c1. The summed E-state index contributed by atoms with van der Waals surface area (Å²) in [7, 11) is 0. The van der Waals surface area contributed by atoms with Gasteiger partial charge in [-0.3, -0.25) is 4.79 Å². The number of carbonyl (C=O) groups excluding carboxylic acids is 1. The molecule has 39 heavy (non-hydrogen) atoms. The van der Waals surface area contributed by atoms with E-state index in [1.807, 2.05) is 36.5 Å². The van der Waals surface area contributed by atoms with Gasteiger partial charge in [-0.25, -0.2) is 22.4 Å². The van der Waals surface area contributed by atoms with Gasteiger partial charge in [0.25, 0.3) is 5.92 Å². The number of aryl methyl sites for hydroxylation is 1. The van der Waals surface area contributed by atoms with E-state index in [1.54, 1.807) is 6.92 Å². The fraction of sp³-hybridized carbons (Fsp3) is 0.500. The quantitative estimate of drug-likeness (QED) is 0.195. The molecule has 0 saturated heterocycles. The maximum Gasteiger partial charge on any atom is 0.405 e. The minimum Gasteiger partial charge on any atom is -0.465 e. The zero-order chi connectivity index (χ0) is 29.0. The zero-order valence-corrected chi connectivity index (χ0v) is 22.2. The predicted molar refractivity (Wildman–Crippen MR) is 140 cm³/mol. The number of unbranched alkanes of at least 4 members (excludes halogenated alkanes) is 1. The fourth-order valence-electron chi connectivity index (χ4n) is 4.21. The van der Waals surface area contributed by atoms with E-state index in [1.165, 1.54) is 0 Å². The van der Waals surface area contributed by atoms with Crippen LogP contribution in [0.2, 0.25) is 0 Å². The van der Waals surface area contributed by atoms with Crippen LogP contribution in [-0.4, -0.2) is 52.9 Å². The number of hydrogen-bond donors (Lipinski definition) is 5. The Bertz CT molecular complexity index is 1070. The molecule has 5 N–H and O–H groups in total. The molecule has 0 aliphatic heterocycles. The van der Waals surface area contributed by atoms with Crippen LogP contribution in [0.25, 0.3) is 0 Å². The van der Waals surface area contributed by atoms with Crippen molar-refractivity contribution in [2.24, 2.45) is 0 Å². The molecule has 0 spiro atoms. The monoisotopic (exact) mass is 555 g/mol. The van der Waals surface area contributed by atoms with Crippen molar-refractivity contribution in [3.05, 3.63) is 70.8 Å². The van der Waals surface area contributed by atoms with E-state index in [4.69, 9.17) is 5.11 Å². The van der Waals surface area contributed by atoms with E-state index in [0.29, 0.717) is 19.0 Å². The third-order valence-electron chi connectivity index (χ3n) is 6.27. The van der Waals surface area contributed by atoms with Crippen LogP contribution in [0.15, 0.2) is 42.5 Å². The maximum absolute atomic E-state index is 14.4. The third-order valence-corrected chi connectivity index (χ3v) is 6.27. The van der Waals surface area contributed by atoms with Gasteiger partial charge in [0, 0.05) is 32.0 Å². The van der Waals surface area contributed by atoms with Crippen LogP contribution in [0.3, 0.4) is 0 Å². The third kappa shape index (κ3) is 11.6. The largest absolute Gasteiger partial charge is 0.465 e. The van der Waals surface area contributed by atoms with Gasteiger partial charge >= 0.3 is 6.09 Å². The summed E-state index contributed by atoms with van der Waals surface area (Å²) in [6.45, 7) is 4.08. The molecule has 7 nitrogen and oxygen atoms in total. The topological polar surface area (TPSA) is 111 Å². The standard InChI is InChI=1S/C28H37F4N3O4/c1-3-5-9-28(31,32)15-24(35-27(38)39)26(37)34-23(13-20-11-21(29)14-22(30)12-20)25(36)17-33-16-19-8-6-7-18(4-2)10-19/h6-8,10-12,14,23-25,33,35-36H,3-5,9,13,15-17H2,1-2H3,(H,34,37)(H,38,39)/t23-,24+,25-/m0/s1. The van der Waals surface area contributed by atoms with Crippen molar-refractivity contribution in [1.82, 2.24) is 16.0 Å². The second kappa shape index (κ2) is 15.4. The van der Waals surface area contributed by atoms with Crippen molar-refractivity contribution in [3.63, 3.8) is 0 Å². The molecule has 0 aliphatic rings. The van der Waals surface area contributed by atoms with Gasteiger partial charge in [0.15, 0.2) is 0 Å². The number of alkyl halides is 2. The second-order valence-corrected chi connectivity index (χ2v) is 9.63. The molecule has 0 heterocycles. The number of hydrogen-bond acceptors (Lipinski definition) is 4. The number of carbonyl (C=O) groups is 2. The number of halogens is 4. The molecule has 0 bridgehead atoms. The molecule has 0 radical (unpaired) electrons. The summed E-state index contributed by atoms with van der Waals surface area (Å²) < 4.78 is 56.4. The molecule has 2 aromatic rings. The lowest BCUT2D eigenvalue weighted by atomic mass is 9.98. The Morgan fingerprint density at radius 2 is 1.64 bits per heavy atom. The van der Waals surface area contributed by atoms with Gasteiger partial charge in [0.05, 0.1) is 12.1 Å². The minimum atomic E-state index is -3.31. The van der Waals surface area contributed by atoms with Crippen molar-refractivity contribution in [2.75, 3.05) is 6.54 Å². The van der Waals surface area contributed by atoms with Crippen LogP contribution in [0.5, 0.6) is 0 Å². The summed E-state index contributed by atoms with van der Waals surface area (Å²) in [4.78, 5) is 24.2. The number of carboxylic acid groups (broad SMARTS) is 1. The summed E-state index contributed by atoms with van der Waals surface area (Å²) >= 11 is 0. The molecule has 2 aromatic carbocycles. The van der Waals surface area contributed by atoms with E-state index in [-0.39, 0.29) is 24.9 Å². The second-order valence-electron chi connectivity index (χ2n) is 9.63. The summed E-state index contributed by atoms with van der Waals surface area (Å²) in [5, 5.41) is 27.3. The first-order valence-electron chi connectivity index (χ1n) is 13.0. The average Bonchev–Trinajstić information content (AvgIpc) is 2.85. The number of aliphatic hydroxyl groups is 1. The highest BCUT2D eigenvalue weighted by atomic mass is 19.3. The molecule has 0 aromatic heterocycles. The number of amides is 2. The Labute approximate surface area is 226 Å². The Kier molecular flexibility index (Phi) is 12.7. The molecule has 3 atom stereocenters. The van der Waals surface area contributed by atoms with E-state index in [0.717, 1.165) is 29.7 Å². The van der Waals surface area contributed by atoms with Gasteiger partial charge in [-0.2, -0.15) is 0 Å². The van der Waals surface area contributed by atoms with Crippen LogP contribution in [-0.2, 0) is 24.2 Å². The molecular weight excluding hydrogens is 518 g/mol. The first kappa shape index (κ1) is 32.0.